The third-order valence-electron chi connectivity index (χ3n) is 3.90. The van der Waals surface area contributed by atoms with Crippen LogP contribution in [-0.2, 0) is 0 Å². The SMILES string of the molecule is Cc1cnc(C(C)CNC(=O)NCC2CCCN(C)C2)s1. The topological polar surface area (TPSA) is 57.3 Å². The van der Waals surface area contributed by atoms with Gasteiger partial charge in [-0.2, -0.15) is 0 Å². The first-order chi connectivity index (χ1) is 10.0. The smallest absolute Gasteiger partial charge is 0.314 e. The largest absolute Gasteiger partial charge is 0.338 e. The van der Waals surface area contributed by atoms with Gasteiger partial charge >= 0.3 is 6.03 Å². The Bertz CT molecular complexity index is 462. The van der Waals surface area contributed by atoms with Crippen molar-refractivity contribution in [2.45, 2.75) is 32.6 Å². The molecule has 2 atom stereocenters. The lowest BCUT2D eigenvalue weighted by molar-refractivity contribution is 0.202. The molecule has 118 valence electrons. The molecule has 6 heteroatoms. The molecule has 0 saturated carbocycles. The maximum atomic E-state index is 11.9. The van der Waals surface area contributed by atoms with Crippen LogP contribution >= 0.6 is 11.3 Å². The third-order valence-corrected chi connectivity index (χ3v) is 5.05. The molecule has 1 saturated heterocycles. The fourth-order valence-electron chi connectivity index (χ4n) is 2.67. The first kappa shape index (κ1) is 16.2. The van der Waals surface area contributed by atoms with E-state index < -0.39 is 0 Å². The number of nitrogens with zero attached hydrogens (tertiary/aromatic N) is 2. The van der Waals surface area contributed by atoms with Crippen LogP contribution in [0.25, 0.3) is 0 Å². The van der Waals surface area contributed by atoms with E-state index in [1.807, 2.05) is 6.20 Å². The van der Waals surface area contributed by atoms with Crippen molar-refractivity contribution < 1.29 is 4.79 Å². The van der Waals surface area contributed by atoms with E-state index >= 15 is 0 Å². The normalized spacial score (nSPS) is 21.0. The zero-order valence-corrected chi connectivity index (χ0v) is 14.0. The first-order valence-electron chi connectivity index (χ1n) is 7.67. The van der Waals surface area contributed by atoms with Crippen LogP contribution in [0.4, 0.5) is 4.79 Å². The molecule has 2 rings (SSSR count). The van der Waals surface area contributed by atoms with E-state index in [1.165, 1.54) is 24.3 Å². The summed E-state index contributed by atoms with van der Waals surface area (Å²) in [6.45, 7) is 7.79. The minimum atomic E-state index is -0.0663. The predicted octanol–water partition coefficient (Wildman–Crippen LogP) is 2.20. The lowest BCUT2D eigenvalue weighted by Crippen LogP contribution is -2.43. The molecule has 1 aliphatic heterocycles. The second kappa shape index (κ2) is 7.75. The van der Waals surface area contributed by atoms with Gasteiger partial charge in [0.1, 0.15) is 0 Å². The Kier molecular flexibility index (Phi) is 5.99. The second-order valence-corrected chi connectivity index (χ2v) is 7.34. The van der Waals surface area contributed by atoms with E-state index in [-0.39, 0.29) is 11.9 Å². The van der Waals surface area contributed by atoms with Crippen LogP contribution in [0.2, 0.25) is 0 Å². The number of aromatic nitrogens is 1. The molecule has 0 aromatic carbocycles. The molecule has 1 aromatic heterocycles. The van der Waals surface area contributed by atoms with E-state index in [0.29, 0.717) is 12.5 Å². The van der Waals surface area contributed by atoms with Crippen molar-refractivity contribution in [2.24, 2.45) is 5.92 Å². The highest BCUT2D eigenvalue weighted by molar-refractivity contribution is 7.11. The van der Waals surface area contributed by atoms with Gasteiger partial charge in [-0.05, 0) is 39.3 Å². The maximum Gasteiger partial charge on any atom is 0.314 e. The number of thiazole rings is 1. The summed E-state index contributed by atoms with van der Waals surface area (Å²) in [5.41, 5.74) is 0. The minimum absolute atomic E-state index is 0.0663. The zero-order chi connectivity index (χ0) is 15.2. The van der Waals surface area contributed by atoms with Gasteiger partial charge in [0.2, 0.25) is 0 Å². The molecular weight excluding hydrogens is 284 g/mol. The first-order valence-corrected chi connectivity index (χ1v) is 8.49. The van der Waals surface area contributed by atoms with E-state index in [9.17, 15) is 4.79 Å². The van der Waals surface area contributed by atoms with E-state index in [0.717, 1.165) is 18.1 Å². The minimum Gasteiger partial charge on any atom is -0.338 e. The Labute approximate surface area is 131 Å². The highest BCUT2D eigenvalue weighted by Gasteiger charge is 2.18. The number of aryl methyl sites for hydroxylation is 1. The third kappa shape index (κ3) is 5.28. The average molecular weight is 310 g/mol. The van der Waals surface area contributed by atoms with Gasteiger partial charge in [-0.1, -0.05) is 6.92 Å². The van der Waals surface area contributed by atoms with Gasteiger partial charge in [0, 0.05) is 36.6 Å². The molecule has 1 fully saturated rings. The molecule has 5 nitrogen and oxygen atoms in total. The van der Waals surface area contributed by atoms with Crippen LogP contribution < -0.4 is 10.6 Å². The highest BCUT2D eigenvalue weighted by atomic mass is 32.1. The highest BCUT2D eigenvalue weighted by Crippen LogP contribution is 2.20. The van der Waals surface area contributed by atoms with Crippen molar-refractivity contribution in [2.75, 3.05) is 33.2 Å². The van der Waals surface area contributed by atoms with Crippen molar-refractivity contribution in [3.05, 3.63) is 16.1 Å². The molecule has 2 N–H and O–H groups in total. The standard InChI is InChI=1S/C15H26N4OS/c1-11(14-16-8-12(2)21-14)7-17-15(20)18-9-13-5-4-6-19(3)10-13/h8,11,13H,4-7,9-10H2,1-3H3,(H2,17,18,20). The molecule has 2 heterocycles. The zero-order valence-electron chi connectivity index (χ0n) is 13.2. The molecule has 0 radical (unpaired) electrons. The molecular formula is C15H26N4OS. The number of likely N-dealkylation sites (tertiary alicyclic amines) is 1. The monoisotopic (exact) mass is 310 g/mol. The number of carbonyl (C=O) groups excluding carboxylic acids is 1. The van der Waals surface area contributed by atoms with Crippen molar-refractivity contribution in [1.29, 1.82) is 0 Å². The van der Waals surface area contributed by atoms with Crippen LogP contribution in [0.5, 0.6) is 0 Å². The molecule has 0 spiro atoms. The number of hydrogen-bond acceptors (Lipinski definition) is 4. The Hall–Kier alpha value is -1.14. The summed E-state index contributed by atoms with van der Waals surface area (Å²) >= 11 is 1.70. The van der Waals surface area contributed by atoms with E-state index in [4.69, 9.17) is 0 Å². The molecule has 2 unspecified atom stereocenters. The van der Waals surface area contributed by atoms with Gasteiger partial charge in [-0.3, -0.25) is 0 Å². The van der Waals surface area contributed by atoms with Gasteiger partial charge in [-0.15, -0.1) is 11.3 Å². The van der Waals surface area contributed by atoms with Crippen LogP contribution in [0.1, 0.15) is 35.6 Å². The van der Waals surface area contributed by atoms with Crippen molar-refractivity contribution in [3.8, 4) is 0 Å². The number of rotatable bonds is 5. The molecule has 1 aliphatic rings. The van der Waals surface area contributed by atoms with Gasteiger partial charge in [-0.25, -0.2) is 9.78 Å². The van der Waals surface area contributed by atoms with E-state index in [2.05, 4.69) is 41.4 Å². The Balaban J connectivity index is 1.65. The molecule has 1 aromatic rings. The summed E-state index contributed by atoms with van der Waals surface area (Å²) < 4.78 is 0. The number of urea groups is 1. The lowest BCUT2D eigenvalue weighted by atomic mass is 9.99. The maximum absolute atomic E-state index is 11.9. The van der Waals surface area contributed by atoms with Gasteiger partial charge in [0.15, 0.2) is 0 Å². The summed E-state index contributed by atoms with van der Waals surface area (Å²) in [4.78, 5) is 19.8. The fourth-order valence-corrected chi connectivity index (χ4v) is 3.50. The van der Waals surface area contributed by atoms with Crippen LogP contribution in [-0.4, -0.2) is 49.1 Å². The Morgan fingerprint density at radius 1 is 1.57 bits per heavy atom. The molecule has 2 amide bonds. The van der Waals surface area contributed by atoms with Gasteiger partial charge < -0.3 is 15.5 Å². The number of amides is 2. The van der Waals surface area contributed by atoms with Crippen LogP contribution in [0, 0.1) is 12.8 Å². The van der Waals surface area contributed by atoms with Crippen LogP contribution in [0.3, 0.4) is 0 Å². The number of hydrogen-bond donors (Lipinski definition) is 2. The van der Waals surface area contributed by atoms with E-state index in [1.54, 1.807) is 11.3 Å². The van der Waals surface area contributed by atoms with Gasteiger partial charge in [0.05, 0.1) is 5.01 Å². The van der Waals surface area contributed by atoms with Crippen molar-refractivity contribution >= 4 is 17.4 Å². The summed E-state index contributed by atoms with van der Waals surface area (Å²) in [6, 6.07) is -0.0663. The van der Waals surface area contributed by atoms with Crippen molar-refractivity contribution in [3.63, 3.8) is 0 Å². The van der Waals surface area contributed by atoms with Crippen molar-refractivity contribution in [1.82, 2.24) is 20.5 Å². The summed E-state index contributed by atoms with van der Waals surface area (Å²) in [5, 5.41) is 7.02. The summed E-state index contributed by atoms with van der Waals surface area (Å²) in [6.07, 6.45) is 4.32. The van der Waals surface area contributed by atoms with Gasteiger partial charge in [0.25, 0.3) is 0 Å². The quantitative estimate of drug-likeness (QED) is 0.876. The second-order valence-electron chi connectivity index (χ2n) is 6.07. The lowest BCUT2D eigenvalue weighted by Gasteiger charge is -2.29. The Morgan fingerprint density at radius 2 is 2.38 bits per heavy atom. The predicted molar refractivity (Wildman–Crippen MR) is 86.9 cm³/mol. The summed E-state index contributed by atoms with van der Waals surface area (Å²) in [5.74, 6) is 0.837. The number of piperidine rings is 1. The number of carbonyl (C=O) groups is 1. The molecule has 0 aliphatic carbocycles. The average Bonchev–Trinajstić information content (AvgIpc) is 2.89. The molecule has 0 bridgehead atoms. The molecule has 21 heavy (non-hydrogen) atoms. The summed E-state index contributed by atoms with van der Waals surface area (Å²) in [7, 11) is 2.14. The number of nitrogens with one attached hydrogen (secondary N) is 2. The van der Waals surface area contributed by atoms with Crippen LogP contribution in [0.15, 0.2) is 6.20 Å². The Morgan fingerprint density at radius 3 is 3.05 bits per heavy atom. The fraction of sp³-hybridized carbons (Fsp3) is 0.733.